The number of benzene rings is 1. The van der Waals surface area contributed by atoms with E-state index in [9.17, 15) is 13.6 Å². The fraction of sp³-hybridized carbons (Fsp3) is 0.444. The minimum Gasteiger partial charge on any atom is -0.339 e. The van der Waals surface area contributed by atoms with Gasteiger partial charge in [-0.3, -0.25) is 14.4 Å². The topological polar surface area (TPSA) is 41.4 Å². The number of carbonyl (C=O) groups is 1. The lowest BCUT2D eigenvalue weighted by molar-refractivity contribution is -0.134. The summed E-state index contributed by atoms with van der Waals surface area (Å²) in [5.74, 6) is -0.179. The molecule has 1 aliphatic rings. The monoisotopic (exact) mass is 382 g/mol. The molecule has 0 saturated carbocycles. The lowest BCUT2D eigenvalue weighted by Gasteiger charge is -2.34. The highest BCUT2D eigenvalue weighted by atomic mass is 35.5. The molecule has 26 heavy (non-hydrogen) atoms. The van der Waals surface area contributed by atoms with Gasteiger partial charge in [-0.05, 0) is 30.7 Å². The zero-order valence-corrected chi connectivity index (χ0v) is 15.3. The molecule has 2 heterocycles. The Morgan fingerprint density at radius 1 is 1.19 bits per heavy atom. The third-order valence-corrected chi connectivity index (χ3v) is 4.74. The lowest BCUT2D eigenvalue weighted by Crippen LogP contribution is -2.49. The van der Waals surface area contributed by atoms with E-state index in [0.717, 1.165) is 24.3 Å². The van der Waals surface area contributed by atoms with Crippen molar-refractivity contribution in [2.45, 2.75) is 26.4 Å². The van der Waals surface area contributed by atoms with E-state index in [1.165, 1.54) is 11.6 Å². The van der Waals surface area contributed by atoms with E-state index in [1.54, 1.807) is 11.8 Å². The minimum absolute atomic E-state index is 0.148. The van der Waals surface area contributed by atoms with Crippen molar-refractivity contribution < 1.29 is 13.6 Å². The number of amides is 1. The van der Waals surface area contributed by atoms with Crippen LogP contribution >= 0.6 is 11.6 Å². The molecule has 0 atom stereocenters. The highest BCUT2D eigenvalue weighted by Crippen LogP contribution is 2.20. The molecule has 1 aliphatic heterocycles. The quantitative estimate of drug-likeness (QED) is 0.797. The molecule has 1 fully saturated rings. The van der Waals surface area contributed by atoms with E-state index in [-0.39, 0.29) is 18.1 Å². The number of hydrogen-bond acceptors (Lipinski definition) is 3. The third-order valence-electron chi connectivity index (χ3n) is 4.49. The Kier molecular flexibility index (Phi) is 5.88. The maximum Gasteiger partial charge on any atom is 0.280 e. The van der Waals surface area contributed by atoms with Crippen molar-refractivity contribution in [3.63, 3.8) is 0 Å². The maximum atomic E-state index is 13.0. The van der Waals surface area contributed by atoms with Gasteiger partial charge in [-0.1, -0.05) is 23.7 Å². The summed E-state index contributed by atoms with van der Waals surface area (Å²) in [6.45, 7) is 4.94. The Hall–Kier alpha value is -1.99. The molecule has 2 aromatic rings. The molecule has 1 amide bonds. The van der Waals surface area contributed by atoms with Crippen LogP contribution in [0.3, 0.4) is 0 Å². The van der Waals surface area contributed by atoms with Gasteiger partial charge in [-0.15, -0.1) is 0 Å². The van der Waals surface area contributed by atoms with Crippen molar-refractivity contribution in [3.8, 4) is 0 Å². The summed E-state index contributed by atoms with van der Waals surface area (Å²) in [4.78, 5) is 16.4. The molecule has 0 unspecified atom stereocenters. The largest absolute Gasteiger partial charge is 0.339 e. The number of carbonyl (C=O) groups excluding carboxylic acids is 1. The zero-order chi connectivity index (χ0) is 18.7. The maximum absolute atomic E-state index is 13.0. The van der Waals surface area contributed by atoms with E-state index in [1.807, 2.05) is 24.3 Å². The Morgan fingerprint density at radius 2 is 1.85 bits per heavy atom. The van der Waals surface area contributed by atoms with Crippen LogP contribution in [0.2, 0.25) is 5.02 Å². The van der Waals surface area contributed by atoms with Gasteiger partial charge >= 0.3 is 0 Å². The third kappa shape index (κ3) is 4.59. The molecule has 5 nitrogen and oxygen atoms in total. The van der Waals surface area contributed by atoms with Gasteiger partial charge in [-0.25, -0.2) is 8.78 Å². The average Bonchev–Trinajstić information content (AvgIpc) is 2.98. The van der Waals surface area contributed by atoms with Crippen LogP contribution in [0.5, 0.6) is 0 Å². The molecule has 0 N–H and O–H groups in total. The fourth-order valence-corrected chi connectivity index (χ4v) is 3.23. The number of aromatic nitrogens is 2. The standard InChI is InChI=1S/C18H21ClF2N4O/c1-13-10-16(18(20)21)25(22-13)12-17(26)24-8-6-23(7-9-24)11-14-2-4-15(19)5-3-14/h2-5,10,18H,6-9,11-12H2,1H3. The Balaban J connectivity index is 1.53. The summed E-state index contributed by atoms with van der Waals surface area (Å²) in [7, 11) is 0. The zero-order valence-electron chi connectivity index (χ0n) is 14.5. The van der Waals surface area contributed by atoms with E-state index in [4.69, 9.17) is 11.6 Å². The number of hydrogen-bond donors (Lipinski definition) is 0. The number of nitrogens with zero attached hydrogens (tertiary/aromatic N) is 4. The minimum atomic E-state index is -2.64. The van der Waals surface area contributed by atoms with Crippen LogP contribution < -0.4 is 0 Å². The van der Waals surface area contributed by atoms with Crippen LogP contribution in [0.25, 0.3) is 0 Å². The van der Waals surface area contributed by atoms with Crippen LogP contribution in [0.4, 0.5) is 8.78 Å². The number of aryl methyl sites for hydroxylation is 1. The van der Waals surface area contributed by atoms with Crippen molar-refractivity contribution >= 4 is 17.5 Å². The van der Waals surface area contributed by atoms with Gasteiger partial charge in [0.25, 0.3) is 6.43 Å². The van der Waals surface area contributed by atoms with Crippen molar-refractivity contribution in [2.24, 2.45) is 0 Å². The van der Waals surface area contributed by atoms with Crippen LogP contribution in [-0.2, 0) is 17.9 Å². The molecule has 0 bridgehead atoms. The second kappa shape index (κ2) is 8.14. The smallest absolute Gasteiger partial charge is 0.280 e. The van der Waals surface area contributed by atoms with Gasteiger partial charge in [0, 0.05) is 37.7 Å². The number of alkyl halides is 2. The highest BCUT2D eigenvalue weighted by Gasteiger charge is 2.23. The molecular formula is C18H21ClF2N4O. The van der Waals surface area contributed by atoms with Crippen LogP contribution in [0, 0.1) is 6.92 Å². The lowest BCUT2D eigenvalue weighted by atomic mass is 10.2. The Morgan fingerprint density at radius 3 is 2.46 bits per heavy atom. The Labute approximate surface area is 156 Å². The van der Waals surface area contributed by atoms with Crippen molar-refractivity contribution in [1.82, 2.24) is 19.6 Å². The summed E-state index contributed by atoms with van der Waals surface area (Å²) >= 11 is 5.90. The van der Waals surface area contributed by atoms with E-state index >= 15 is 0 Å². The second-order valence-electron chi connectivity index (χ2n) is 6.45. The van der Waals surface area contributed by atoms with Gasteiger partial charge in [-0.2, -0.15) is 5.10 Å². The van der Waals surface area contributed by atoms with E-state index in [0.29, 0.717) is 23.8 Å². The van der Waals surface area contributed by atoms with Crippen LogP contribution in [0.15, 0.2) is 30.3 Å². The molecule has 0 aliphatic carbocycles. The number of halogens is 3. The van der Waals surface area contributed by atoms with Gasteiger partial charge in [0.2, 0.25) is 5.91 Å². The Bertz CT molecular complexity index is 755. The summed E-state index contributed by atoms with van der Waals surface area (Å²) < 4.78 is 27.1. The van der Waals surface area contributed by atoms with Gasteiger partial charge < -0.3 is 4.90 Å². The summed E-state index contributed by atoms with van der Waals surface area (Å²) in [5.41, 5.74) is 1.45. The van der Waals surface area contributed by atoms with Crippen LogP contribution in [0.1, 0.15) is 23.4 Å². The van der Waals surface area contributed by atoms with Crippen molar-refractivity contribution in [1.29, 1.82) is 0 Å². The first-order chi connectivity index (χ1) is 12.4. The highest BCUT2D eigenvalue weighted by molar-refractivity contribution is 6.30. The first kappa shape index (κ1) is 18.8. The molecular weight excluding hydrogens is 362 g/mol. The molecule has 1 saturated heterocycles. The van der Waals surface area contributed by atoms with Crippen LogP contribution in [-0.4, -0.2) is 51.7 Å². The SMILES string of the molecule is Cc1cc(C(F)F)n(CC(=O)N2CCN(Cc3ccc(Cl)cc3)CC2)n1. The van der Waals surface area contributed by atoms with Crippen molar-refractivity contribution in [2.75, 3.05) is 26.2 Å². The molecule has 3 rings (SSSR count). The predicted molar refractivity (Wildman–Crippen MR) is 95.2 cm³/mol. The average molecular weight is 383 g/mol. The molecule has 0 radical (unpaired) electrons. The molecule has 8 heteroatoms. The molecule has 1 aromatic heterocycles. The van der Waals surface area contributed by atoms with Gasteiger partial charge in [0.1, 0.15) is 12.2 Å². The van der Waals surface area contributed by atoms with E-state index < -0.39 is 6.43 Å². The normalized spacial score (nSPS) is 15.7. The second-order valence-corrected chi connectivity index (χ2v) is 6.89. The molecule has 1 aromatic carbocycles. The molecule has 140 valence electrons. The first-order valence-electron chi connectivity index (χ1n) is 8.49. The van der Waals surface area contributed by atoms with Gasteiger partial charge in [0.05, 0.1) is 5.69 Å². The predicted octanol–water partition coefficient (Wildman–Crippen LogP) is 3.13. The number of rotatable bonds is 5. The number of piperazine rings is 1. The van der Waals surface area contributed by atoms with Crippen molar-refractivity contribution in [3.05, 3.63) is 52.3 Å². The first-order valence-corrected chi connectivity index (χ1v) is 8.87. The summed E-state index contributed by atoms with van der Waals surface area (Å²) in [6, 6.07) is 9.03. The van der Waals surface area contributed by atoms with E-state index in [2.05, 4.69) is 10.00 Å². The summed E-state index contributed by atoms with van der Waals surface area (Å²) in [5, 5.41) is 4.72. The summed E-state index contributed by atoms with van der Waals surface area (Å²) in [6.07, 6.45) is -2.64. The fourth-order valence-electron chi connectivity index (χ4n) is 3.10. The van der Waals surface area contributed by atoms with Gasteiger partial charge in [0.15, 0.2) is 0 Å². The molecule has 0 spiro atoms.